The summed E-state index contributed by atoms with van der Waals surface area (Å²) in [7, 11) is 1.77. The molecule has 1 amide bonds. The van der Waals surface area contributed by atoms with Gasteiger partial charge >= 0.3 is 0 Å². The average molecular weight is 500 g/mol. The molecule has 0 bridgehead atoms. The van der Waals surface area contributed by atoms with Crippen LogP contribution >= 0.6 is 24.0 Å². The summed E-state index contributed by atoms with van der Waals surface area (Å²) in [5.74, 6) is 2.12. The number of amides is 1. The van der Waals surface area contributed by atoms with E-state index in [2.05, 4.69) is 37.6 Å². The summed E-state index contributed by atoms with van der Waals surface area (Å²) >= 11 is 0. The van der Waals surface area contributed by atoms with Crippen molar-refractivity contribution in [3.8, 4) is 0 Å². The SMILES string of the molecule is CN=C(NCc1ccc(N2CCCC2)nc1)NC1CCN(C(=O)C(C)C)C1.I. The second kappa shape index (κ2) is 10.8. The second-order valence-electron chi connectivity index (χ2n) is 7.71. The van der Waals surface area contributed by atoms with Gasteiger partial charge in [-0.3, -0.25) is 9.79 Å². The molecule has 3 rings (SSSR count). The van der Waals surface area contributed by atoms with E-state index in [9.17, 15) is 4.79 Å². The van der Waals surface area contributed by atoms with Crippen LogP contribution in [0.2, 0.25) is 0 Å². The number of nitrogens with zero attached hydrogens (tertiary/aromatic N) is 4. The van der Waals surface area contributed by atoms with E-state index in [4.69, 9.17) is 0 Å². The van der Waals surface area contributed by atoms with Gasteiger partial charge in [-0.2, -0.15) is 0 Å². The molecule has 156 valence electrons. The lowest BCUT2D eigenvalue weighted by atomic mass is 10.2. The van der Waals surface area contributed by atoms with Gasteiger partial charge < -0.3 is 20.4 Å². The number of carbonyl (C=O) groups excluding carboxylic acids is 1. The lowest BCUT2D eigenvalue weighted by Crippen LogP contribution is -2.45. The van der Waals surface area contributed by atoms with Crippen LogP contribution in [0.4, 0.5) is 5.82 Å². The Morgan fingerprint density at radius 1 is 1.29 bits per heavy atom. The van der Waals surface area contributed by atoms with E-state index in [0.29, 0.717) is 6.54 Å². The van der Waals surface area contributed by atoms with Gasteiger partial charge in [0.1, 0.15) is 5.82 Å². The third kappa shape index (κ3) is 5.96. The molecule has 1 unspecified atom stereocenters. The lowest BCUT2D eigenvalue weighted by molar-refractivity contribution is -0.133. The van der Waals surface area contributed by atoms with E-state index in [1.807, 2.05) is 24.9 Å². The number of halogens is 1. The number of aromatic nitrogens is 1. The molecule has 2 fully saturated rings. The lowest BCUT2D eigenvalue weighted by Gasteiger charge is -2.20. The van der Waals surface area contributed by atoms with Gasteiger partial charge in [0.25, 0.3) is 0 Å². The van der Waals surface area contributed by atoms with Crippen molar-refractivity contribution in [2.45, 2.75) is 45.7 Å². The standard InChI is InChI=1S/C20H32N6O.HI/c1-15(2)19(27)26-11-8-17(14-26)24-20(21-3)23-13-16-6-7-18(22-12-16)25-9-4-5-10-25;/h6-7,12,15,17H,4-5,8-11,13-14H2,1-3H3,(H2,21,23,24);1H. The van der Waals surface area contributed by atoms with Crippen molar-refractivity contribution in [3.63, 3.8) is 0 Å². The minimum absolute atomic E-state index is 0. The van der Waals surface area contributed by atoms with E-state index in [1.165, 1.54) is 12.8 Å². The van der Waals surface area contributed by atoms with Crippen LogP contribution in [0.25, 0.3) is 0 Å². The summed E-state index contributed by atoms with van der Waals surface area (Å²) < 4.78 is 0. The average Bonchev–Trinajstić information content (AvgIpc) is 3.37. The van der Waals surface area contributed by atoms with Gasteiger partial charge in [0.05, 0.1) is 0 Å². The molecule has 8 heteroatoms. The van der Waals surface area contributed by atoms with Gasteiger partial charge in [-0.05, 0) is 30.9 Å². The molecule has 2 saturated heterocycles. The summed E-state index contributed by atoms with van der Waals surface area (Å²) in [5, 5.41) is 6.78. The maximum atomic E-state index is 12.1. The minimum Gasteiger partial charge on any atom is -0.357 e. The first-order valence-electron chi connectivity index (χ1n) is 10.0. The summed E-state index contributed by atoms with van der Waals surface area (Å²) in [4.78, 5) is 25.3. The fourth-order valence-electron chi connectivity index (χ4n) is 3.67. The largest absolute Gasteiger partial charge is 0.357 e. The molecule has 2 N–H and O–H groups in total. The van der Waals surface area contributed by atoms with Crippen LogP contribution in [0.15, 0.2) is 23.3 Å². The van der Waals surface area contributed by atoms with Gasteiger partial charge in [0.15, 0.2) is 5.96 Å². The second-order valence-corrected chi connectivity index (χ2v) is 7.71. The van der Waals surface area contributed by atoms with Crippen molar-refractivity contribution in [2.24, 2.45) is 10.9 Å². The molecule has 2 aliphatic heterocycles. The van der Waals surface area contributed by atoms with Crippen LogP contribution in [0, 0.1) is 5.92 Å². The first-order chi connectivity index (χ1) is 13.1. The Hall–Kier alpha value is -1.58. The number of pyridine rings is 1. The zero-order valence-corrected chi connectivity index (χ0v) is 19.5. The van der Waals surface area contributed by atoms with Crippen molar-refractivity contribution in [1.82, 2.24) is 20.5 Å². The highest BCUT2D eigenvalue weighted by Crippen LogP contribution is 2.17. The molecule has 1 aromatic heterocycles. The molecule has 1 aromatic rings. The molecule has 0 radical (unpaired) electrons. The minimum atomic E-state index is 0. The Morgan fingerprint density at radius 2 is 2.04 bits per heavy atom. The van der Waals surface area contributed by atoms with Crippen molar-refractivity contribution < 1.29 is 4.79 Å². The molecule has 2 aliphatic rings. The van der Waals surface area contributed by atoms with Crippen molar-refractivity contribution in [3.05, 3.63) is 23.9 Å². The Kier molecular flexibility index (Phi) is 8.78. The highest BCUT2D eigenvalue weighted by atomic mass is 127. The number of nitrogens with one attached hydrogen (secondary N) is 2. The van der Waals surface area contributed by atoms with E-state index in [-0.39, 0.29) is 41.8 Å². The zero-order valence-electron chi connectivity index (χ0n) is 17.1. The number of aliphatic imine (C=N–C) groups is 1. The maximum absolute atomic E-state index is 12.1. The Morgan fingerprint density at radius 3 is 2.64 bits per heavy atom. The van der Waals surface area contributed by atoms with Crippen molar-refractivity contribution >= 4 is 41.7 Å². The molecule has 3 heterocycles. The molecule has 0 spiro atoms. The number of anilines is 1. The number of hydrogen-bond donors (Lipinski definition) is 2. The number of guanidine groups is 1. The number of carbonyl (C=O) groups is 1. The monoisotopic (exact) mass is 500 g/mol. The predicted molar refractivity (Wildman–Crippen MR) is 124 cm³/mol. The Labute approximate surface area is 185 Å². The summed E-state index contributed by atoms with van der Waals surface area (Å²) in [5.41, 5.74) is 1.13. The smallest absolute Gasteiger partial charge is 0.225 e. The van der Waals surface area contributed by atoms with E-state index in [0.717, 1.165) is 49.9 Å². The first kappa shape index (κ1) is 22.7. The molecule has 1 atom stereocenters. The van der Waals surface area contributed by atoms with Gasteiger partial charge in [-0.25, -0.2) is 4.98 Å². The number of rotatable bonds is 5. The first-order valence-corrected chi connectivity index (χ1v) is 10.0. The quantitative estimate of drug-likeness (QED) is 0.369. The van der Waals surface area contributed by atoms with Crippen LogP contribution in [-0.2, 0) is 11.3 Å². The van der Waals surface area contributed by atoms with E-state index >= 15 is 0 Å². The Bertz CT molecular complexity index is 657. The number of likely N-dealkylation sites (tertiary alicyclic amines) is 1. The van der Waals surface area contributed by atoms with Gasteiger partial charge in [0, 0.05) is 57.9 Å². The van der Waals surface area contributed by atoms with Crippen LogP contribution in [0.5, 0.6) is 0 Å². The summed E-state index contributed by atoms with van der Waals surface area (Å²) in [6.07, 6.45) is 5.40. The van der Waals surface area contributed by atoms with Crippen LogP contribution in [0.1, 0.15) is 38.7 Å². The predicted octanol–water partition coefficient (Wildman–Crippen LogP) is 2.22. The van der Waals surface area contributed by atoms with Gasteiger partial charge in [-0.15, -0.1) is 24.0 Å². The van der Waals surface area contributed by atoms with Crippen LogP contribution < -0.4 is 15.5 Å². The molecular formula is C20H33IN6O. The normalized spacial score (nSPS) is 19.7. The molecule has 0 saturated carbocycles. The van der Waals surface area contributed by atoms with Gasteiger partial charge in [-0.1, -0.05) is 19.9 Å². The molecular weight excluding hydrogens is 467 g/mol. The van der Waals surface area contributed by atoms with Crippen molar-refractivity contribution in [2.75, 3.05) is 38.1 Å². The molecule has 0 aromatic carbocycles. The molecule has 28 heavy (non-hydrogen) atoms. The topological polar surface area (TPSA) is 72.9 Å². The van der Waals surface area contributed by atoms with Crippen molar-refractivity contribution in [1.29, 1.82) is 0 Å². The third-order valence-corrected chi connectivity index (χ3v) is 5.26. The fraction of sp³-hybridized carbons (Fsp3) is 0.650. The molecule has 0 aliphatic carbocycles. The fourth-order valence-corrected chi connectivity index (χ4v) is 3.67. The Balaban J connectivity index is 0.00000280. The zero-order chi connectivity index (χ0) is 19.2. The summed E-state index contributed by atoms with van der Waals surface area (Å²) in [6.45, 7) is 8.35. The van der Waals surface area contributed by atoms with Crippen LogP contribution in [-0.4, -0.2) is 61.0 Å². The van der Waals surface area contributed by atoms with Crippen LogP contribution in [0.3, 0.4) is 0 Å². The highest BCUT2D eigenvalue weighted by molar-refractivity contribution is 14.0. The maximum Gasteiger partial charge on any atom is 0.225 e. The van der Waals surface area contributed by atoms with Gasteiger partial charge in [0.2, 0.25) is 5.91 Å². The number of hydrogen-bond acceptors (Lipinski definition) is 4. The third-order valence-electron chi connectivity index (χ3n) is 5.26. The highest BCUT2D eigenvalue weighted by Gasteiger charge is 2.27. The summed E-state index contributed by atoms with van der Waals surface area (Å²) in [6, 6.07) is 4.47. The molecule has 7 nitrogen and oxygen atoms in total. The van der Waals surface area contributed by atoms with E-state index in [1.54, 1.807) is 7.05 Å². The van der Waals surface area contributed by atoms with E-state index < -0.39 is 0 Å².